The van der Waals surface area contributed by atoms with Crippen LogP contribution in [0.25, 0.3) is 0 Å². The number of aldehydes is 1. The van der Waals surface area contributed by atoms with Crippen LogP contribution in [0.15, 0.2) is 36.5 Å². The number of aryl methyl sites for hydroxylation is 2. The predicted octanol–water partition coefficient (Wildman–Crippen LogP) is 3.68. The fourth-order valence-electron chi connectivity index (χ4n) is 2.85. The fourth-order valence-corrected chi connectivity index (χ4v) is 2.85. The Morgan fingerprint density at radius 3 is 2.90 bits per heavy atom. The first-order valence-corrected chi connectivity index (χ1v) is 7.07. The van der Waals surface area contributed by atoms with Gasteiger partial charge in [-0.3, -0.25) is 4.79 Å². The quantitative estimate of drug-likeness (QED) is 0.777. The van der Waals surface area contributed by atoms with Gasteiger partial charge in [-0.05, 0) is 49.4 Å². The topological polar surface area (TPSA) is 33.2 Å². The summed E-state index contributed by atoms with van der Waals surface area (Å²) >= 11 is 0. The van der Waals surface area contributed by atoms with Gasteiger partial charge in [-0.25, -0.2) is 4.98 Å². The molecule has 3 rings (SSSR count). The van der Waals surface area contributed by atoms with E-state index in [0.717, 1.165) is 37.1 Å². The third kappa shape index (κ3) is 2.31. The van der Waals surface area contributed by atoms with Crippen molar-refractivity contribution in [2.45, 2.75) is 26.2 Å². The average molecular weight is 266 g/mol. The van der Waals surface area contributed by atoms with Crippen LogP contribution in [0.4, 0.5) is 11.5 Å². The van der Waals surface area contributed by atoms with Gasteiger partial charge in [0.2, 0.25) is 0 Å². The SMILES string of the molecule is Cc1cc(C=O)cnc1N1CCCCc2ccccc21. The summed E-state index contributed by atoms with van der Waals surface area (Å²) in [6.45, 7) is 2.99. The molecular weight excluding hydrogens is 248 g/mol. The van der Waals surface area contributed by atoms with Crippen molar-refractivity contribution in [2.75, 3.05) is 11.4 Å². The van der Waals surface area contributed by atoms with Crippen LogP contribution in [-0.4, -0.2) is 17.8 Å². The smallest absolute Gasteiger partial charge is 0.151 e. The zero-order chi connectivity index (χ0) is 13.9. The van der Waals surface area contributed by atoms with Crippen LogP contribution in [0.5, 0.6) is 0 Å². The molecule has 0 fully saturated rings. The van der Waals surface area contributed by atoms with Gasteiger partial charge in [-0.15, -0.1) is 0 Å². The highest BCUT2D eigenvalue weighted by Crippen LogP contribution is 2.33. The number of para-hydroxylation sites is 1. The zero-order valence-electron chi connectivity index (χ0n) is 11.7. The number of nitrogens with zero attached hydrogens (tertiary/aromatic N) is 2. The van der Waals surface area contributed by atoms with Crippen LogP contribution >= 0.6 is 0 Å². The molecule has 20 heavy (non-hydrogen) atoms. The third-order valence-electron chi connectivity index (χ3n) is 3.82. The lowest BCUT2D eigenvalue weighted by Gasteiger charge is -2.25. The third-order valence-corrected chi connectivity index (χ3v) is 3.82. The summed E-state index contributed by atoms with van der Waals surface area (Å²) in [6, 6.07) is 10.4. The van der Waals surface area contributed by atoms with E-state index in [4.69, 9.17) is 0 Å². The number of aromatic nitrogens is 1. The Balaban J connectivity index is 2.07. The normalized spacial score (nSPS) is 14.6. The van der Waals surface area contributed by atoms with E-state index in [0.29, 0.717) is 5.56 Å². The Morgan fingerprint density at radius 2 is 2.10 bits per heavy atom. The molecule has 0 aliphatic carbocycles. The molecule has 0 amide bonds. The summed E-state index contributed by atoms with van der Waals surface area (Å²) in [5.41, 5.74) is 4.31. The average Bonchev–Trinajstić information content (AvgIpc) is 2.69. The molecule has 0 spiro atoms. The van der Waals surface area contributed by atoms with Crippen molar-refractivity contribution < 1.29 is 4.79 Å². The fraction of sp³-hybridized carbons (Fsp3) is 0.294. The van der Waals surface area contributed by atoms with E-state index in [1.807, 2.05) is 13.0 Å². The molecule has 0 radical (unpaired) electrons. The van der Waals surface area contributed by atoms with Gasteiger partial charge in [0.25, 0.3) is 0 Å². The van der Waals surface area contributed by atoms with Crippen molar-refractivity contribution >= 4 is 17.8 Å². The maximum absolute atomic E-state index is 10.8. The van der Waals surface area contributed by atoms with Crippen molar-refractivity contribution in [1.29, 1.82) is 0 Å². The van der Waals surface area contributed by atoms with Gasteiger partial charge in [-0.1, -0.05) is 18.2 Å². The van der Waals surface area contributed by atoms with Crippen LogP contribution in [-0.2, 0) is 6.42 Å². The Bertz CT molecular complexity index is 637. The molecule has 2 heterocycles. The molecule has 0 bridgehead atoms. The van der Waals surface area contributed by atoms with Crippen LogP contribution in [0.2, 0.25) is 0 Å². The van der Waals surface area contributed by atoms with Crippen LogP contribution < -0.4 is 4.90 Å². The van der Waals surface area contributed by atoms with Crippen molar-refractivity contribution in [3.8, 4) is 0 Å². The van der Waals surface area contributed by atoms with Crippen molar-refractivity contribution in [2.24, 2.45) is 0 Å². The van der Waals surface area contributed by atoms with Crippen molar-refractivity contribution in [1.82, 2.24) is 4.98 Å². The van der Waals surface area contributed by atoms with E-state index in [-0.39, 0.29) is 0 Å². The predicted molar refractivity (Wildman–Crippen MR) is 80.7 cm³/mol. The number of hydrogen-bond donors (Lipinski definition) is 0. The molecule has 0 unspecified atom stereocenters. The Morgan fingerprint density at radius 1 is 1.25 bits per heavy atom. The molecule has 0 saturated heterocycles. The second-order valence-corrected chi connectivity index (χ2v) is 5.26. The number of benzene rings is 1. The molecule has 1 aromatic carbocycles. The molecule has 102 valence electrons. The Labute approximate surface area is 119 Å². The minimum Gasteiger partial charge on any atom is -0.326 e. The van der Waals surface area contributed by atoms with E-state index in [1.165, 1.54) is 17.7 Å². The minimum absolute atomic E-state index is 0.634. The highest BCUT2D eigenvalue weighted by Gasteiger charge is 2.18. The molecule has 0 N–H and O–H groups in total. The standard InChI is InChI=1S/C17H18N2O/c1-13-10-14(12-20)11-18-17(13)19-9-5-4-7-15-6-2-3-8-16(15)19/h2-3,6,8,10-12H,4-5,7,9H2,1H3. The molecule has 0 saturated carbocycles. The summed E-state index contributed by atoms with van der Waals surface area (Å²) in [5, 5.41) is 0. The lowest BCUT2D eigenvalue weighted by atomic mass is 10.1. The molecule has 2 aromatic rings. The van der Waals surface area contributed by atoms with E-state index < -0.39 is 0 Å². The first kappa shape index (κ1) is 12.9. The second kappa shape index (κ2) is 5.45. The van der Waals surface area contributed by atoms with Gasteiger partial charge < -0.3 is 4.90 Å². The lowest BCUT2D eigenvalue weighted by Crippen LogP contribution is -2.20. The monoisotopic (exact) mass is 266 g/mol. The number of hydrogen-bond acceptors (Lipinski definition) is 3. The molecule has 3 nitrogen and oxygen atoms in total. The number of fused-ring (bicyclic) bond motifs is 1. The number of anilines is 2. The number of rotatable bonds is 2. The highest BCUT2D eigenvalue weighted by molar-refractivity contribution is 5.76. The second-order valence-electron chi connectivity index (χ2n) is 5.26. The summed E-state index contributed by atoms with van der Waals surface area (Å²) < 4.78 is 0. The van der Waals surface area contributed by atoms with Crippen molar-refractivity contribution in [3.05, 3.63) is 53.2 Å². The lowest BCUT2D eigenvalue weighted by molar-refractivity contribution is 0.112. The van der Waals surface area contributed by atoms with E-state index in [9.17, 15) is 4.79 Å². The summed E-state index contributed by atoms with van der Waals surface area (Å²) in [5.74, 6) is 0.963. The van der Waals surface area contributed by atoms with E-state index in [2.05, 4.69) is 34.1 Å². The number of pyridine rings is 1. The van der Waals surface area contributed by atoms with Gasteiger partial charge in [0.05, 0.1) is 0 Å². The largest absolute Gasteiger partial charge is 0.326 e. The van der Waals surface area contributed by atoms with Gasteiger partial charge in [0.1, 0.15) is 5.82 Å². The van der Waals surface area contributed by atoms with Crippen LogP contribution in [0, 0.1) is 6.92 Å². The first-order chi connectivity index (χ1) is 9.79. The van der Waals surface area contributed by atoms with Gasteiger partial charge in [0, 0.05) is 24.0 Å². The van der Waals surface area contributed by atoms with Gasteiger partial charge >= 0.3 is 0 Å². The van der Waals surface area contributed by atoms with Gasteiger partial charge in [-0.2, -0.15) is 0 Å². The summed E-state index contributed by atoms with van der Waals surface area (Å²) in [7, 11) is 0. The minimum atomic E-state index is 0.634. The maximum atomic E-state index is 10.8. The maximum Gasteiger partial charge on any atom is 0.151 e. The molecule has 1 aliphatic rings. The van der Waals surface area contributed by atoms with Crippen molar-refractivity contribution in [3.63, 3.8) is 0 Å². The summed E-state index contributed by atoms with van der Waals surface area (Å²) in [6.07, 6.45) is 5.99. The molecule has 3 heteroatoms. The number of carbonyl (C=O) groups is 1. The van der Waals surface area contributed by atoms with E-state index in [1.54, 1.807) is 6.20 Å². The van der Waals surface area contributed by atoms with Crippen LogP contribution in [0.3, 0.4) is 0 Å². The molecule has 1 aromatic heterocycles. The van der Waals surface area contributed by atoms with Crippen LogP contribution in [0.1, 0.15) is 34.3 Å². The highest BCUT2D eigenvalue weighted by atomic mass is 16.1. The first-order valence-electron chi connectivity index (χ1n) is 7.07. The van der Waals surface area contributed by atoms with Gasteiger partial charge in [0.15, 0.2) is 6.29 Å². The number of carbonyl (C=O) groups excluding carboxylic acids is 1. The Kier molecular flexibility index (Phi) is 3.50. The Hall–Kier alpha value is -2.16. The molecular formula is C17H18N2O. The zero-order valence-corrected chi connectivity index (χ0v) is 11.7. The van der Waals surface area contributed by atoms with E-state index >= 15 is 0 Å². The molecule has 1 aliphatic heterocycles. The summed E-state index contributed by atoms with van der Waals surface area (Å²) in [4.78, 5) is 17.6. The molecule has 0 atom stereocenters.